The van der Waals surface area contributed by atoms with Gasteiger partial charge in [0.1, 0.15) is 19.5 Å². The fourth-order valence-electron chi connectivity index (χ4n) is 3.09. The van der Waals surface area contributed by atoms with Crippen LogP contribution in [-0.4, -0.2) is 58.0 Å². The number of hydrogen-bond acceptors (Lipinski definition) is 8. The lowest BCUT2D eigenvalue weighted by molar-refractivity contribution is -0.120. The van der Waals surface area contributed by atoms with E-state index in [2.05, 4.69) is 4.98 Å². The second kappa shape index (κ2) is 7.69. The molecule has 150 valence electrons. The minimum Gasteiger partial charge on any atom is -0.494 e. The van der Waals surface area contributed by atoms with Gasteiger partial charge in [-0.2, -0.15) is 0 Å². The number of amides is 1. The third-order valence-corrected chi connectivity index (χ3v) is 6.67. The zero-order chi connectivity index (χ0) is 19.7. The lowest BCUT2D eigenvalue weighted by atomic mass is 10.2. The van der Waals surface area contributed by atoms with Gasteiger partial charge in [-0.05, 0) is 31.0 Å². The Bertz CT molecular complexity index is 1020. The topological polar surface area (TPSA) is 95.0 Å². The smallest absolute Gasteiger partial charge is 0.298 e. The van der Waals surface area contributed by atoms with E-state index in [1.54, 1.807) is 12.1 Å². The fourth-order valence-corrected chi connectivity index (χ4v) is 4.83. The number of carbonyl (C=O) groups excluding carboxylic acids is 1. The summed E-state index contributed by atoms with van der Waals surface area (Å²) in [5.41, 5.74) is 0.632. The van der Waals surface area contributed by atoms with Crippen molar-refractivity contribution in [2.75, 3.05) is 37.5 Å². The van der Waals surface area contributed by atoms with Crippen LogP contribution in [0, 0.1) is 0 Å². The van der Waals surface area contributed by atoms with Gasteiger partial charge >= 0.3 is 0 Å². The first-order chi connectivity index (χ1) is 13.4. The van der Waals surface area contributed by atoms with Crippen LogP contribution < -0.4 is 4.90 Å². The largest absolute Gasteiger partial charge is 0.494 e. The van der Waals surface area contributed by atoms with Gasteiger partial charge < -0.3 is 14.2 Å². The van der Waals surface area contributed by atoms with Crippen molar-refractivity contribution in [3.8, 4) is 0 Å². The summed E-state index contributed by atoms with van der Waals surface area (Å²) >= 11 is 1.26. The van der Waals surface area contributed by atoms with E-state index in [4.69, 9.17) is 14.2 Å². The molecule has 10 heteroatoms. The van der Waals surface area contributed by atoms with Crippen LogP contribution in [0.5, 0.6) is 0 Å². The molecule has 1 aromatic heterocycles. The van der Waals surface area contributed by atoms with Crippen molar-refractivity contribution in [2.24, 2.45) is 0 Å². The van der Waals surface area contributed by atoms with Gasteiger partial charge in [0.2, 0.25) is 5.76 Å². The van der Waals surface area contributed by atoms with E-state index in [0.29, 0.717) is 41.7 Å². The number of fused-ring (bicyclic) bond motifs is 1. The number of sulfone groups is 1. The molecule has 1 saturated heterocycles. The third kappa shape index (κ3) is 3.98. The van der Waals surface area contributed by atoms with Crippen LogP contribution in [0.3, 0.4) is 0 Å². The van der Waals surface area contributed by atoms with Crippen molar-refractivity contribution in [3.63, 3.8) is 0 Å². The van der Waals surface area contributed by atoms with E-state index < -0.39 is 9.84 Å². The molecule has 1 fully saturated rings. The zero-order valence-corrected chi connectivity index (χ0v) is 16.9. The first-order valence-corrected chi connectivity index (χ1v) is 11.6. The number of ether oxygens (including phenoxy) is 3. The molecule has 8 nitrogen and oxygen atoms in total. The number of hydrogen-bond donors (Lipinski definition) is 0. The molecule has 0 N–H and O–H groups in total. The summed E-state index contributed by atoms with van der Waals surface area (Å²) in [5.74, 6) is -0.224. The number of aromatic nitrogens is 1. The van der Waals surface area contributed by atoms with Gasteiger partial charge in [0.05, 0.1) is 27.8 Å². The highest BCUT2D eigenvalue weighted by Gasteiger charge is 2.30. The molecule has 0 aliphatic carbocycles. The molecule has 1 amide bonds. The lowest BCUT2D eigenvalue weighted by Gasteiger charge is -2.25. The maximum atomic E-state index is 13.1. The standard InChI is InChI=1S/C18H20N2O6S2/c1-28(22,23)13-4-5-14-16(9-13)27-18(19-14)20(10-12-3-2-6-25-12)17(21)15-11-24-7-8-26-15/h4-5,9,11-12H,2-3,6-8,10H2,1H3. The molecule has 1 unspecified atom stereocenters. The fraction of sp³-hybridized carbons (Fsp3) is 0.444. The van der Waals surface area contributed by atoms with Gasteiger partial charge in [-0.25, -0.2) is 13.4 Å². The minimum absolute atomic E-state index is 0.0762. The van der Waals surface area contributed by atoms with E-state index in [1.807, 2.05) is 0 Å². The summed E-state index contributed by atoms with van der Waals surface area (Å²) in [6.07, 6.45) is 4.22. The Morgan fingerprint density at radius 2 is 2.18 bits per heavy atom. The Hall–Kier alpha value is -2.17. The predicted octanol–water partition coefficient (Wildman–Crippen LogP) is 2.10. The lowest BCUT2D eigenvalue weighted by Crippen LogP contribution is -2.39. The zero-order valence-electron chi connectivity index (χ0n) is 15.3. The molecule has 1 atom stereocenters. The Labute approximate surface area is 166 Å². The van der Waals surface area contributed by atoms with Crippen LogP contribution in [0.1, 0.15) is 12.8 Å². The molecule has 2 aromatic rings. The van der Waals surface area contributed by atoms with Gasteiger partial charge in [-0.15, -0.1) is 0 Å². The Kier molecular flexibility index (Phi) is 5.26. The van der Waals surface area contributed by atoms with Gasteiger partial charge in [-0.1, -0.05) is 11.3 Å². The molecule has 3 heterocycles. The molecule has 0 bridgehead atoms. The summed E-state index contributed by atoms with van der Waals surface area (Å²) in [5, 5.41) is 0.469. The van der Waals surface area contributed by atoms with Crippen LogP contribution in [0.2, 0.25) is 0 Å². The normalized spacial score (nSPS) is 19.8. The number of carbonyl (C=O) groups is 1. The maximum absolute atomic E-state index is 13.1. The number of nitrogens with zero attached hydrogens (tertiary/aromatic N) is 2. The number of rotatable bonds is 5. The van der Waals surface area contributed by atoms with Crippen LogP contribution in [-0.2, 0) is 28.8 Å². The molecular weight excluding hydrogens is 404 g/mol. The van der Waals surface area contributed by atoms with Gasteiger partial charge in [0, 0.05) is 12.9 Å². The van der Waals surface area contributed by atoms with E-state index >= 15 is 0 Å². The Morgan fingerprint density at radius 3 is 2.86 bits per heavy atom. The summed E-state index contributed by atoms with van der Waals surface area (Å²) in [4.78, 5) is 19.4. The molecular formula is C18H20N2O6S2. The van der Waals surface area contributed by atoms with Crippen molar-refractivity contribution in [1.82, 2.24) is 4.98 Å². The second-order valence-electron chi connectivity index (χ2n) is 6.65. The predicted molar refractivity (Wildman–Crippen MR) is 104 cm³/mol. The maximum Gasteiger partial charge on any atom is 0.298 e. The summed E-state index contributed by atoms with van der Waals surface area (Å²) in [6, 6.07) is 4.76. The average Bonchev–Trinajstić information content (AvgIpc) is 3.34. The highest BCUT2D eigenvalue weighted by atomic mass is 32.2. The Morgan fingerprint density at radius 1 is 1.32 bits per heavy atom. The van der Waals surface area contributed by atoms with Crippen LogP contribution in [0.25, 0.3) is 10.2 Å². The summed E-state index contributed by atoms with van der Waals surface area (Å²) in [6.45, 7) is 1.73. The van der Waals surface area contributed by atoms with E-state index in [-0.39, 0.29) is 22.7 Å². The van der Waals surface area contributed by atoms with Crippen molar-refractivity contribution in [2.45, 2.75) is 23.8 Å². The van der Waals surface area contributed by atoms with E-state index in [0.717, 1.165) is 19.1 Å². The molecule has 28 heavy (non-hydrogen) atoms. The third-order valence-electron chi connectivity index (χ3n) is 4.52. The van der Waals surface area contributed by atoms with E-state index in [9.17, 15) is 13.2 Å². The molecule has 2 aliphatic rings. The SMILES string of the molecule is CS(=O)(=O)c1ccc2nc(N(CC3CCCO3)C(=O)C3=COCCO3)sc2c1. The minimum atomic E-state index is -3.32. The first kappa shape index (κ1) is 19.2. The number of benzene rings is 1. The molecule has 0 spiro atoms. The molecule has 0 saturated carbocycles. The highest BCUT2D eigenvalue weighted by molar-refractivity contribution is 7.90. The van der Waals surface area contributed by atoms with Crippen molar-refractivity contribution in [1.29, 1.82) is 0 Å². The summed E-state index contributed by atoms with van der Waals surface area (Å²) in [7, 11) is -3.32. The molecule has 2 aliphatic heterocycles. The number of anilines is 1. The van der Waals surface area contributed by atoms with E-state index in [1.165, 1.54) is 28.6 Å². The van der Waals surface area contributed by atoms with Crippen molar-refractivity contribution in [3.05, 3.63) is 30.2 Å². The molecule has 4 rings (SSSR count). The second-order valence-corrected chi connectivity index (χ2v) is 9.68. The Balaban J connectivity index is 1.70. The van der Waals surface area contributed by atoms with Crippen LogP contribution in [0.4, 0.5) is 5.13 Å². The van der Waals surface area contributed by atoms with Crippen molar-refractivity contribution < 1.29 is 27.4 Å². The van der Waals surface area contributed by atoms with Crippen molar-refractivity contribution >= 4 is 42.4 Å². The van der Waals surface area contributed by atoms with Crippen LogP contribution >= 0.6 is 11.3 Å². The monoisotopic (exact) mass is 424 g/mol. The highest BCUT2D eigenvalue weighted by Crippen LogP contribution is 2.32. The van der Waals surface area contributed by atoms with Gasteiger partial charge in [-0.3, -0.25) is 9.69 Å². The average molecular weight is 425 g/mol. The van der Waals surface area contributed by atoms with Gasteiger partial charge in [0.25, 0.3) is 5.91 Å². The quantitative estimate of drug-likeness (QED) is 0.725. The molecule has 1 aromatic carbocycles. The first-order valence-electron chi connectivity index (χ1n) is 8.90. The van der Waals surface area contributed by atoms with Gasteiger partial charge in [0.15, 0.2) is 15.0 Å². The van der Waals surface area contributed by atoms with Crippen LogP contribution in [0.15, 0.2) is 35.1 Å². The number of thiazole rings is 1. The summed E-state index contributed by atoms with van der Waals surface area (Å²) < 4.78 is 40.7. The molecule has 0 radical (unpaired) electrons.